The third kappa shape index (κ3) is 5.49. The fraction of sp³-hybridized carbons (Fsp3) is 0.409. The fourth-order valence-corrected chi connectivity index (χ4v) is 3.52. The third-order valence-electron chi connectivity index (χ3n) is 4.75. The van der Waals surface area contributed by atoms with Crippen molar-refractivity contribution in [2.45, 2.75) is 27.3 Å². The highest BCUT2D eigenvalue weighted by atomic mass is 35.5. The van der Waals surface area contributed by atoms with Crippen molar-refractivity contribution < 1.29 is 14.3 Å². The molecule has 2 amide bonds. The van der Waals surface area contributed by atoms with Crippen LogP contribution in [0.3, 0.4) is 0 Å². The molecular formula is C22H27ClN4O3. The maximum Gasteiger partial charge on any atom is 0.254 e. The number of rotatable bonds is 6. The van der Waals surface area contributed by atoms with Gasteiger partial charge in [-0.15, -0.1) is 0 Å². The van der Waals surface area contributed by atoms with E-state index in [1.54, 1.807) is 39.9 Å². The number of amides is 2. The molecule has 0 spiro atoms. The molecule has 2 heterocycles. The van der Waals surface area contributed by atoms with Crippen molar-refractivity contribution in [3.05, 3.63) is 52.3 Å². The lowest BCUT2D eigenvalue weighted by Gasteiger charge is -2.26. The molecule has 1 N–H and O–H groups in total. The van der Waals surface area contributed by atoms with E-state index in [-0.39, 0.29) is 11.8 Å². The summed E-state index contributed by atoms with van der Waals surface area (Å²) in [6, 6.07) is 6.87. The van der Waals surface area contributed by atoms with Crippen LogP contribution in [0.1, 0.15) is 35.5 Å². The zero-order valence-electron chi connectivity index (χ0n) is 17.5. The van der Waals surface area contributed by atoms with Crippen molar-refractivity contribution in [3.8, 4) is 0 Å². The van der Waals surface area contributed by atoms with Crippen LogP contribution in [-0.2, 0) is 16.1 Å². The van der Waals surface area contributed by atoms with E-state index in [9.17, 15) is 9.59 Å². The molecule has 30 heavy (non-hydrogen) atoms. The summed E-state index contributed by atoms with van der Waals surface area (Å²) in [6.07, 6.45) is 3.11. The first-order valence-electron chi connectivity index (χ1n) is 10.0. The lowest BCUT2D eigenvalue weighted by atomic mass is 10.1. The van der Waals surface area contributed by atoms with Gasteiger partial charge in [0.15, 0.2) is 0 Å². The molecule has 0 saturated carbocycles. The Morgan fingerprint density at radius 3 is 2.53 bits per heavy atom. The summed E-state index contributed by atoms with van der Waals surface area (Å²) in [6.45, 7) is 9.08. The van der Waals surface area contributed by atoms with Gasteiger partial charge in [-0.3, -0.25) is 14.3 Å². The van der Waals surface area contributed by atoms with E-state index in [1.807, 2.05) is 6.92 Å². The molecule has 1 saturated heterocycles. The Hall–Kier alpha value is -2.64. The maximum absolute atomic E-state index is 12.5. The standard InChI is InChI=1S/C22H27ClN4O3/c1-15(2)14-27-21(23)19(16(3)25-27)8-9-20(28)24-18-6-4-17(5-7-18)22(29)26-10-12-30-13-11-26/h4-9,15H,10-14H2,1-3H3,(H,24,28)/b9-8+. The smallest absolute Gasteiger partial charge is 0.254 e. The third-order valence-corrected chi connectivity index (χ3v) is 5.15. The second kappa shape index (κ2) is 9.91. The molecule has 0 unspecified atom stereocenters. The van der Waals surface area contributed by atoms with Gasteiger partial charge in [-0.1, -0.05) is 25.4 Å². The van der Waals surface area contributed by atoms with Gasteiger partial charge in [0, 0.05) is 42.5 Å². The average Bonchev–Trinajstić information content (AvgIpc) is 2.99. The van der Waals surface area contributed by atoms with Crippen molar-refractivity contribution in [1.82, 2.24) is 14.7 Å². The number of halogens is 1. The molecule has 1 aliphatic rings. The summed E-state index contributed by atoms with van der Waals surface area (Å²) in [5.74, 6) is 0.106. The van der Waals surface area contributed by atoms with E-state index in [2.05, 4.69) is 24.3 Å². The number of ether oxygens (including phenoxy) is 1. The van der Waals surface area contributed by atoms with Crippen LogP contribution in [0.25, 0.3) is 6.08 Å². The Balaban J connectivity index is 1.61. The minimum Gasteiger partial charge on any atom is -0.378 e. The molecule has 7 nitrogen and oxygen atoms in total. The van der Waals surface area contributed by atoms with E-state index in [0.29, 0.717) is 48.6 Å². The van der Waals surface area contributed by atoms with Crippen LogP contribution in [-0.4, -0.2) is 52.8 Å². The number of carbonyl (C=O) groups is 2. The number of nitrogens with one attached hydrogen (secondary N) is 1. The Kier molecular flexibility index (Phi) is 7.29. The molecule has 0 aliphatic carbocycles. The molecule has 1 fully saturated rings. The summed E-state index contributed by atoms with van der Waals surface area (Å²) in [5.41, 5.74) is 2.71. The second-order valence-electron chi connectivity index (χ2n) is 7.67. The number of anilines is 1. The number of hydrogen-bond acceptors (Lipinski definition) is 4. The number of carbonyl (C=O) groups excluding carboxylic acids is 2. The highest BCUT2D eigenvalue weighted by molar-refractivity contribution is 6.31. The highest BCUT2D eigenvalue weighted by Gasteiger charge is 2.18. The van der Waals surface area contributed by atoms with Gasteiger partial charge in [-0.05, 0) is 43.2 Å². The van der Waals surface area contributed by atoms with Gasteiger partial charge in [0.2, 0.25) is 5.91 Å². The van der Waals surface area contributed by atoms with Crippen molar-refractivity contribution in [3.63, 3.8) is 0 Å². The molecule has 0 atom stereocenters. The van der Waals surface area contributed by atoms with Crippen molar-refractivity contribution in [1.29, 1.82) is 0 Å². The lowest BCUT2D eigenvalue weighted by molar-refractivity contribution is -0.111. The Labute approximate surface area is 181 Å². The number of aryl methyl sites for hydroxylation is 1. The monoisotopic (exact) mass is 430 g/mol. The zero-order valence-corrected chi connectivity index (χ0v) is 18.3. The van der Waals surface area contributed by atoms with Crippen LogP contribution < -0.4 is 5.32 Å². The molecule has 3 rings (SSSR count). The zero-order chi connectivity index (χ0) is 21.7. The van der Waals surface area contributed by atoms with Crippen molar-refractivity contribution >= 4 is 35.2 Å². The van der Waals surface area contributed by atoms with Crippen molar-refractivity contribution in [2.24, 2.45) is 5.92 Å². The normalized spacial score (nSPS) is 14.5. The summed E-state index contributed by atoms with van der Waals surface area (Å²) in [4.78, 5) is 26.5. The Morgan fingerprint density at radius 1 is 1.23 bits per heavy atom. The van der Waals surface area contributed by atoms with Gasteiger partial charge >= 0.3 is 0 Å². The molecule has 1 aromatic carbocycles. The summed E-state index contributed by atoms with van der Waals surface area (Å²) >= 11 is 6.40. The van der Waals surface area contributed by atoms with Crippen LogP contribution in [0.5, 0.6) is 0 Å². The molecule has 8 heteroatoms. The fourth-order valence-electron chi connectivity index (χ4n) is 3.21. The lowest BCUT2D eigenvalue weighted by Crippen LogP contribution is -2.40. The van der Waals surface area contributed by atoms with E-state index in [0.717, 1.165) is 17.8 Å². The van der Waals surface area contributed by atoms with Gasteiger partial charge < -0.3 is 15.0 Å². The number of morpholine rings is 1. The van der Waals surface area contributed by atoms with Crippen LogP contribution in [0.4, 0.5) is 5.69 Å². The number of aromatic nitrogens is 2. The number of benzene rings is 1. The minimum absolute atomic E-state index is 0.0281. The molecule has 0 radical (unpaired) electrons. The quantitative estimate of drug-likeness (QED) is 0.710. The van der Waals surface area contributed by atoms with Gasteiger partial charge in [-0.25, -0.2) is 0 Å². The summed E-state index contributed by atoms with van der Waals surface area (Å²) in [5, 5.41) is 7.75. The molecular weight excluding hydrogens is 404 g/mol. The van der Waals surface area contributed by atoms with Crippen LogP contribution in [0.15, 0.2) is 30.3 Å². The van der Waals surface area contributed by atoms with Crippen LogP contribution in [0.2, 0.25) is 5.15 Å². The highest BCUT2D eigenvalue weighted by Crippen LogP contribution is 2.22. The van der Waals surface area contributed by atoms with E-state index < -0.39 is 0 Å². The first kappa shape index (κ1) is 22.1. The number of nitrogens with zero attached hydrogens (tertiary/aromatic N) is 3. The van der Waals surface area contributed by atoms with Gasteiger partial charge in [0.1, 0.15) is 5.15 Å². The Morgan fingerprint density at radius 2 is 1.90 bits per heavy atom. The largest absolute Gasteiger partial charge is 0.378 e. The van der Waals surface area contributed by atoms with Crippen molar-refractivity contribution in [2.75, 3.05) is 31.6 Å². The molecule has 1 aromatic heterocycles. The number of hydrogen-bond donors (Lipinski definition) is 1. The van der Waals surface area contributed by atoms with Crippen LogP contribution >= 0.6 is 11.6 Å². The predicted octanol–water partition coefficient (Wildman–Crippen LogP) is 3.63. The first-order chi connectivity index (χ1) is 14.3. The Bertz CT molecular complexity index is 929. The molecule has 2 aromatic rings. The molecule has 0 bridgehead atoms. The SMILES string of the molecule is Cc1nn(CC(C)C)c(Cl)c1/C=C/C(=O)Nc1ccc(C(=O)N2CCOCC2)cc1. The van der Waals surface area contributed by atoms with Gasteiger partial charge in [0.25, 0.3) is 5.91 Å². The average molecular weight is 431 g/mol. The first-order valence-corrected chi connectivity index (χ1v) is 10.4. The molecule has 1 aliphatic heterocycles. The van der Waals surface area contributed by atoms with Gasteiger partial charge in [0.05, 0.1) is 18.9 Å². The predicted molar refractivity (Wildman–Crippen MR) is 118 cm³/mol. The molecule has 160 valence electrons. The second-order valence-corrected chi connectivity index (χ2v) is 8.03. The summed E-state index contributed by atoms with van der Waals surface area (Å²) in [7, 11) is 0. The maximum atomic E-state index is 12.5. The van der Waals surface area contributed by atoms with E-state index in [1.165, 1.54) is 6.08 Å². The van der Waals surface area contributed by atoms with E-state index in [4.69, 9.17) is 16.3 Å². The van der Waals surface area contributed by atoms with Crippen LogP contribution in [0, 0.1) is 12.8 Å². The van der Waals surface area contributed by atoms with Gasteiger partial charge in [-0.2, -0.15) is 5.10 Å². The minimum atomic E-state index is -0.283. The summed E-state index contributed by atoms with van der Waals surface area (Å²) < 4.78 is 7.03. The van der Waals surface area contributed by atoms with E-state index >= 15 is 0 Å². The topological polar surface area (TPSA) is 76.5 Å².